The Morgan fingerprint density at radius 1 is 1.17 bits per heavy atom. The summed E-state index contributed by atoms with van der Waals surface area (Å²) in [6.45, 7) is 9.86. The average Bonchev–Trinajstić information content (AvgIpc) is 2.62. The number of hydrogen-bond donors (Lipinski definition) is 2. The Morgan fingerprint density at radius 2 is 1.88 bits per heavy atom. The van der Waals surface area contributed by atoms with Crippen molar-refractivity contribution in [1.82, 2.24) is 10.6 Å². The second-order valence-electron chi connectivity index (χ2n) is 6.65. The number of ether oxygens (including phenoxy) is 1. The molecule has 5 heteroatoms. The first-order chi connectivity index (χ1) is 11.7. The van der Waals surface area contributed by atoms with Gasteiger partial charge < -0.3 is 20.3 Å². The van der Waals surface area contributed by atoms with Crippen LogP contribution in [0.5, 0.6) is 0 Å². The summed E-state index contributed by atoms with van der Waals surface area (Å²) in [7, 11) is 1.82. The maximum atomic E-state index is 5.40. The number of benzene rings is 1. The zero-order valence-corrected chi connectivity index (χ0v) is 15.3. The largest absolute Gasteiger partial charge is 0.378 e. The van der Waals surface area contributed by atoms with Gasteiger partial charge in [-0.15, -0.1) is 0 Å². The number of rotatable bonds is 7. The number of guanidine groups is 1. The van der Waals surface area contributed by atoms with Gasteiger partial charge in [-0.1, -0.05) is 26.0 Å². The van der Waals surface area contributed by atoms with E-state index in [-0.39, 0.29) is 0 Å². The van der Waals surface area contributed by atoms with Gasteiger partial charge in [-0.05, 0) is 36.5 Å². The van der Waals surface area contributed by atoms with Crippen LogP contribution in [0.2, 0.25) is 0 Å². The molecule has 24 heavy (non-hydrogen) atoms. The molecule has 0 unspecified atom stereocenters. The van der Waals surface area contributed by atoms with Crippen molar-refractivity contribution in [3.63, 3.8) is 0 Å². The fourth-order valence-electron chi connectivity index (χ4n) is 2.77. The van der Waals surface area contributed by atoms with E-state index in [4.69, 9.17) is 4.74 Å². The van der Waals surface area contributed by atoms with Crippen LogP contribution < -0.4 is 15.5 Å². The fraction of sp³-hybridized carbons (Fsp3) is 0.632. The van der Waals surface area contributed by atoms with E-state index < -0.39 is 0 Å². The highest BCUT2D eigenvalue weighted by molar-refractivity contribution is 5.79. The van der Waals surface area contributed by atoms with Crippen molar-refractivity contribution >= 4 is 11.6 Å². The molecule has 1 aliphatic heterocycles. The van der Waals surface area contributed by atoms with Gasteiger partial charge in [0.15, 0.2) is 5.96 Å². The van der Waals surface area contributed by atoms with Gasteiger partial charge in [0, 0.05) is 38.9 Å². The number of nitrogens with zero attached hydrogens (tertiary/aromatic N) is 2. The van der Waals surface area contributed by atoms with E-state index in [0.717, 1.165) is 51.3 Å². The van der Waals surface area contributed by atoms with Crippen molar-refractivity contribution in [1.29, 1.82) is 0 Å². The van der Waals surface area contributed by atoms with Gasteiger partial charge in [0.1, 0.15) is 0 Å². The van der Waals surface area contributed by atoms with Crippen LogP contribution in [0.3, 0.4) is 0 Å². The van der Waals surface area contributed by atoms with E-state index >= 15 is 0 Å². The molecule has 0 spiro atoms. The Hall–Kier alpha value is -1.75. The molecule has 0 radical (unpaired) electrons. The van der Waals surface area contributed by atoms with Crippen molar-refractivity contribution < 1.29 is 4.74 Å². The first-order valence-corrected chi connectivity index (χ1v) is 9.05. The third kappa shape index (κ3) is 6.40. The topological polar surface area (TPSA) is 48.9 Å². The fourth-order valence-corrected chi connectivity index (χ4v) is 2.77. The maximum Gasteiger partial charge on any atom is 0.191 e. The molecule has 0 aromatic heterocycles. The van der Waals surface area contributed by atoms with Gasteiger partial charge in [0.2, 0.25) is 0 Å². The molecule has 134 valence electrons. The summed E-state index contributed by atoms with van der Waals surface area (Å²) in [5.41, 5.74) is 2.54. The molecule has 1 aromatic rings. The summed E-state index contributed by atoms with van der Waals surface area (Å²) in [4.78, 5) is 6.65. The van der Waals surface area contributed by atoms with E-state index in [0.29, 0.717) is 0 Å². The number of morpholine rings is 1. The molecule has 1 aliphatic rings. The smallest absolute Gasteiger partial charge is 0.191 e. The Labute approximate surface area is 146 Å². The Balaban J connectivity index is 1.74. The molecular formula is C19H32N4O. The number of anilines is 1. The Bertz CT molecular complexity index is 493. The Morgan fingerprint density at radius 3 is 2.50 bits per heavy atom. The van der Waals surface area contributed by atoms with Crippen LogP contribution in [0.4, 0.5) is 5.69 Å². The molecule has 1 aromatic carbocycles. The predicted octanol–water partition coefficient (Wildman–Crippen LogP) is 2.62. The van der Waals surface area contributed by atoms with Crippen molar-refractivity contribution in [2.24, 2.45) is 10.9 Å². The normalized spacial score (nSPS) is 15.7. The molecule has 1 heterocycles. The lowest BCUT2D eigenvalue weighted by Gasteiger charge is -2.28. The van der Waals surface area contributed by atoms with Crippen LogP contribution >= 0.6 is 0 Å². The standard InChI is InChI=1S/C19H32N4O/c1-16(2)5-4-10-21-19(20-3)22-15-17-6-8-18(9-7-17)23-11-13-24-14-12-23/h6-9,16H,4-5,10-15H2,1-3H3,(H2,20,21,22). The van der Waals surface area contributed by atoms with Crippen molar-refractivity contribution in [2.45, 2.75) is 33.2 Å². The summed E-state index contributed by atoms with van der Waals surface area (Å²) < 4.78 is 5.40. The number of hydrogen-bond acceptors (Lipinski definition) is 3. The average molecular weight is 332 g/mol. The first kappa shape index (κ1) is 18.6. The van der Waals surface area contributed by atoms with Gasteiger partial charge in [-0.2, -0.15) is 0 Å². The van der Waals surface area contributed by atoms with Gasteiger partial charge in [-0.3, -0.25) is 4.99 Å². The van der Waals surface area contributed by atoms with E-state index in [2.05, 4.69) is 58.6 Å². The number of aliphatic imine (C=N–C) groups is 1. The third-order valence-electron chi connectivity index (χ3n) is 4.25. The molecule has 1 fully saturated rings. The second-order valence-corrected chi connectivity index (χ2v) is 6.65. The molecule has 0 atom stereocenters. The zero-order valence-electron chi connectivity index (χ0n) is 15.3. The summed E-state index contributed by atoms with van der Waals surface area (Å²) in [5.74, 6) is 1.63. The molecule has 0 saturated carbocycles. The highest BCUT2D eigenvalue weighted by Crippen LogP contribution is 2.16. The molecule has 5 nitrogen and oxygen atoms in total. The minimum absolute atomic E-state index is 0.756. The van der Waals surface area contributed by atoms with E-state index in [1.165, 1.54) is 24.1 Å². The van der Waals surface area contributed by atoms with E-state index in [1.54, 1.807) is 0 Å². The molecule has 1 saturated heterocycles. The second kappa shape index (κ2) is 10.2. The number of nitrogens with one attached hydrogen (secondary N) is 2. The zero-order chi connectivity index (χ0) is 17.2. The van der Waals surface area contributed by atoms with Crippen LogP contribution in [0.25, 0.3) is 0 Å². The summed E-state index contributed by atoms with van der Waals surface area (Å²) >= 11 is 0. The monoisotopic (exact) mass is 332 g/mol. The minimum atomic E-state index is 0.756. The molecule has 0 amide bonds. The third-order valence-corrected chi connectivity index (χ3v) is 4.25. The molecule has 0 aliphatic carbocycles. The van der Waals surface area contributed by atoms with Crippen LogP contribution in [0, 0.1) is 5.92 Å². The van der Waals surface area contributed by atoms with Gasteiger partial charge in [-0.25, -0.2) is 0 Å². The van der Waals surface area contributed by atoms with Crippen LogP contribution in [-0.4, -0.2) is 45.9 Å². The van der Waals surface area contributed by atoms with Gasteiger partial charge >= 0.3 is 0 Å². The van der Waals surface area contributed by atoms with Crippen LogP contribution in [0.1, 0.15) is 32.3 Å². The van der Waals surface area contributed by atoms with Gasteiger partial charge in [0.25, 0.3) is 0 Å². The van der Waals surface area contributed by atoms with Gasteiger partial charge in [0.05, 0.1) is 13.2 Å². The first-order valence-electron chi connectivity index (χ1n) is 9.05. The summed E-state index contributed by atoms with van der Waals surface area (Å²) in [6, 6.07) is 8.76. The van der Waals surface area contributed by atoms with Crippen molar-refractivity contribution in [3.05, 3.63) is 29.8 Å². The molecule has 2 N–H and O–H groups in total. The molecule has 0 bridgehead atoms. The predicted molar refractivity (Wildman–Crippen MR) is 102 cm³/mol. The lowest BCUT2D eigenvalue weighted by Crippen LogP contribution is -2.37. The lowest BCUT2D eigenvalue weighted by molar-refractivity contribution is 0.122. The van der Waals surface area contributed by atoms with Crippen LogP contribution in [0.15, 0.2) is 29.3 Å². The summed E-state index contributed by atoms with van der Waals surface area (Å²) in [5, 5.41) is 6.75. The van der Waals surface area contributed by atoms with E-state index in [1.807, 2.05) is 7.05 Å². The Kier molecular flexibility index (Phi) is 7.89. The minimum Gasteiger partial charge on any atom is -0.378 e. The molecule has 2 rings (SSSR count). The lowest BCUT2D eigenvalue weighted by atomic mass is 10.1. The highest BCUT2D eigenvalue weighted by Gasteiger charge is 2.10. The highest BCUT2D eigenvalue weighted by atomic mass is 16.5. The summed E-state index contributed by atoms with van der Waals surface area (Å²) in [6.07, 6.45) is 2.42. The molecular weight excluding hydrogens is 300 g/mol. The van der Waals surface area contributed by atoms with E-state index in [9.17, 15) is 0 Å². The van der Waals surface area contributed by atoms with Crippen LogP contribution in [-0.2, 0) is 11.3 Å². The van der Waals surface area contributed by atoms with Crippen molar-refractivity contribution in [3.8, 4) is 0 Å². The van der Waals surface area contributed by atoms with Crippen molar-refractivity contribution in [2.75, 3.05) is 44.8 Å². The quantitative estimate of drug-likeness (QED) is 0.458. The SMILES string of the molecule is CN=C(NCCCC(C)C)NCc1ccc(N2CCOCC2)cc1. The maximum absolute atomic E-state index is 5.40.